The van der Waals surface area contributed by atoms with E-state index in [0.29, 0.717) is 0 Å². The number of rotatable bonds is 3. The second-order valence-electron chi connectivity index (χ2n) is 2.19. The summed E-state index contributed by atoms with van der Waals surface area (Å²) in [7, 11) is 0. The minimum Gasteiger partial charge on any atom is -0.435 e. The lowest BCUT2D eigenvalue weighted by Crippen LogP contribution is -2.01. The number of benzene rings is 1. The molecule has 1 aromatic carbocycles. The van der Waals surface area contributed by atoms with Gasteiger partial charge in [-0.1, -0.05) is 0 Å². The molecule has 0 saturated heterocycles. The van der Waals surface area contributed by atoms with Gasteiger partial charge in [0.25, 0.3) is 0 Å². The number of alkyl halides is 2. The molecule has 14 heavy (non-hydrogen) atoms. The second kappa shape index (κ2) is 4.74. The van der Waals surface area contributed by atoms with Crippen molar-refractivity contribution in [3.05, 3.63) is 24.0 Å². The minimum atomic E-state index is -2.98. The predicted octanol–water partition coefficient (Wildman–Crippen LogP) is 3.16. The Morgan fingerprint density at radius 2 is 2.14 bits per heavy atom. The number of nitrogens with zero attached hydrogens (tertiary/aromatic N) is 1. The third-order valence-electron chi connectivity index (χ3n) is 1.31. The van der Waals surface area contributed by atoms with Gasteiger partial charge in [0.1, 0.15) is 11.4 Å². The second-order valence-corrected chi connectivity index (χ2v) is 2.38. The molecule has 0 N–H and O–H groups in total. The molecule has 0 aliphatic carbocycles. The van der Waals surface area contributed by atoms with Gasteiger partial charge < -0.3 is 4.74 Å². The van der Waals surface area contributed by atoms with Crippen molar-refractivity contribution in [3.63, 3.8) is 0 Å². The molecule has 0 unspecified atom stereocenters. The van der Waals surface area contributed by atoms with Crippen molar-refractivity contribution in [1.82, 2.24) is 0 Å². The molecular formula is C8H4F3NOS. The average Bonchev–Trinajstić information content (AvgIpc) is 2.09. The standard InChI is InChI=1S/C8H4F3NOS/c9-6-3-5(13-8(10)11)1-2-7(6)12-4-14/h1-3,8H. The quantitative estimate of drug-likeness (QED) is 0.575. The van der Waals surface area contributed by atoms with Crippen LogP contribution in [0.1, 0.15) is 0 Å². The molecule has 0 spiro atoms. The van der Waals surface area contributed by atoms with E-state index in [1.54, 1.807) is 0 Å². The van der Waals surface area contributed by atoms with Gasteiger partial charge in [-0.15, -0.1) is 0 Å². The first-order chi connectivity index (χ1) is 6.63. The Labute approximate surface area is 83.0 Å². The van der Waals surface area contributed by atoms with Crippen LogP contribution in [0.4, 0.5) is 18.9 Å². The highest BCUT2D eigenvalue weighted by Gasteiger charge is 2.07. The van der Waals surface area contributed by atoms with Crippen LogP contribution >= 0.6 is 12.2 Å². The van der Waals surface area contributed by atoms with Crippen molar-refractivity contribution >= 4 is 23.1 Å². The number of ether oxygens (including phenoxy) is 1. The summed E-state index contributed by atoms with van der Waals surface area (Å²) in [6.07, 6.45) is 0. The minimum absolute atomic E-state index is 0.0679. The average molecular weight is 219 g/mol. The molecule has 0 atom stereocenters. The van der Waals surface area contributed by atoms with Gasteiger partial charge in [0.2, 0.25) is 0 Å². The Morgan fingerprint density at radius 1 is 1.43 bits per heavy atom. The fraction of sp³-hybridized carbons (Fsp3) is 0.125. The van der Waals surface area contributed by atoms with E-state index in [1.807, 2.05) is 5.16 Å². The topological polar surface area (TPSA) is 21.6 Å². The van der Waals surface area contributed by atoms with E-state index in [4.69, 9.17) is 0 Å². The Kier molecular flexibility index (Phi) is 3.62. The van der Waals surface area contributed by atoms with Gasteiger partial charge >= 0.3 is 6.61 Å². The first kappa shape index (κ1) is 10.7. The molecule has 0 heterocycles. The molecule has 0 radical (unpaired) electrons. The van der Waals surface area contributed by atoms with Crippen LogP contribution in [-0.2, 0) is 0 Å². The lowest BCUT2D eigenvalue weighted by atomic mass is 10.3. The van der Waals surface area contributed by atoms with Crippen LogP contribution in [0.2, 0.25) is 0 Å². The van der Waals surface area contributed by atoms with Crippen molar-refractivity contribution in [3.8, 4) is 5.75 Å². The van der Waals surface area contributed by atoms with Crippen LogP contribution in [0, 0.1) is 5.82 Å². The molecule has 0 bridgehead atoms. The normalized spacial score (nSPS) is 9.71. The van der Waals surface area contributed by atoms with Crippen LogP contribution < -0.4 is 4.74 Å². The van der Waals surface area contributed by atoms with Crippen LogP contribution in [0.15, 0.2) is 23.2 Å². The molecule has 1 rings (SSSR count). The van der Waals surface area contributed by atoms with Gasteiger partial charge in [0.05, 0.1) is 5.16 Å². The highest BCUT2D eigenvalue weighted by molar-refractivity contribution is 7.78. The SMILES string of the molecule is Fc1cc(OC(F)F)ccc1N=C=S. The molecule has 0 fully saturated rings. The van der Waals surface area contributed by atoms with Crippen LogP contribution in [0.3, 0.4) is 0 Å². The van der Waals surface area contributed by atoms with Gasteiger partial charge in [-0.2, -0.15) is 13.8 Å². The van der Waals surface area contributed by atoms with E-state index in [0.717, 1.165) is 6.07 Å². The van der Waals surface area contributed by atoms with Crippen molar-refractivity contribution in [1.29, 1.82) is 0 Å². The third-order valence-corrected chi connectivity index (χ3v) is 1.40. The highest BCUT2D eigenvalue weighted by Crippen LogP contribution is 2.23. The maximum Gasteiger partial charge on any atom is 0.387 e. The summed E-state index contributed by atoms with van der Waals surface area (Å²) in [5.74, 6) is -1.05. The first-order valence-electron chi connectivity index (χ1n) is 3.45. The number of aliphatic imine (C=N–C) groups is 1. The zero-order valence-corrected chi connectivity index (χ0v) is 7.52. The largest absolute Gasteiger partial charge is 0.435 e. The summed E-state index contributed by atoms with van der Waals surface area (Å²) < 4.78 is 40.4. The Hall–Kier alpha value is -1.39. The number of halogens is 3. The van der Waals surface area contributed by atoms with Crippen molar-refractivity contribution in [2.45, 2.75) is 6.61 Å². The molecular weight excluding hydrogens is 215 g/mol. The van der Waals surface area contributed by atoms with E-state index < -0.39 is 12.4 Å². The van der Waals surface area contributed by atoms with Crippen molar-refractivity contribution < 1.29 is 17.9 Å². The Balaban J connectivity index is 2.94. The summed E-state index contributed by atoms with van der Waals surface area (Å²) in [6.45, 7) is -2.98. The first-order valence-corrected chi connectivity index (χ1v) is 3.86. The number of hydrogen-bond donors (Lipinski definition) is 0. The van der Waals surface area contributed by atoms with Crippen molar-refractivity contribution in [2.24, 2.45) is 4.99 Å². The smallest absolute Gasteiger partial charge is 0.387 e. The summed E-state index contributed by atoms with van der Waals surface area (Å²) in [6, 6.07) is 3.14. The van der Waals surface area contributed by atoms with E-state index in [9.17, 15) is 13.2 Å². The summed E-state index contributed by atoms with van der Waals surface area (Å²) in [5, 5.41) is 1.96. The third kappa shape index (κ3) is 2.83. The molecule has 0 saturated carbocycles. The highest BCUT2D eigenvalue weighted by atomic mass is 32.1. The molecule has 0 aromatic heterocycles. The Bertz CT molecular complexity index is 377. The monoisotopic (exact) mass is 219 g/mol. The zero-order valence-electron chi connectivity index (χ0n) is 6.71. The predicted molar refractivity (Wildman–Crippen MR) is 47.7 cm³/mol. The van der Waals surface area contributed by atoms with Gasteiger partial charge in [-0.25, -0.2) is 4.39 Å². The van der Waals surface area contributed by atoms with E-state index in [2.05, 4.69) is 21.9 Å². The fourth-order valence-electron chi connectivity index (χ4n) is 0.804. The van der Waals surface area contributed by atoms with E-state index in [-0.39, 0.29) is 11.4 Å². The van der Waals surface area contributed by atoms with Crippen LogP contribution in [0.5, 0.6) is 5.75 Å². The summed E-state index contributed by atoms with van der Waals surface area (Å²) >= 11 is 4.26. The van der Waals surface area contributed by atoms with Crippen LogP contribution in [-0.4, -0.2) is 11.8 Å². The number of thiocarbonyl (C=S) groups is 1. The zero-order chi connectivity index (χ0) is 10.6. The fourth-order valence-corrected chi connectivity index (χ4v) is 0.902. The van der Waals surface area contributed by atoms with E-state index in [1.165, 1.54) is 12.1 Å². The molecule has 74 valence electrons. The molecule has 0 amide bonds. The number of hydrogen-bond acceptors (Lipinski definition) is 3. The van der Waals surface area contributed by atoms with Crippen molar-refractivity contribution in [2.75, 3.05) is 0 Å². The Morgan fingerprint density at radius 3 is 2.64 bits per heavy atom. The lowest BCUT2D eigenvalue weighted by molar-refractivity contribution is -0.0499. The molecule has 6 heteroatoms. The molecule has 0 aliphatic heterocycles. The summed E-state index contributed by atoms with van der Waals surface area (Å²) in [5.41, 5.74) is -0.0679. The molecule has 2 nitrogen and oxygen atoms in total. The summed E-state index contributed by atoms with van der Waals surface area (Å²) in [4.78, 5) is 3.37. The van der Waals surface area contributed by atoms with Gasteiger partial charge in [-0.3, -0.25) is 0 Å². The molecule has 0 aliphatic rings. The van der Waals surface area contributed by atoms with Gasteiger partial charge in [-0.05, 0) is 24.4 Å². The van der Waals surface area contributed by atoms with E-state index >= 15 is 0 Å². The van der Waals surface area contributed by atoms with Gasteiger partial charge in [0.15, 0.2) is 5.82 Å². The maximum atomic E-state index is 13.0. The molecule has 1 aromatic rings. The maximum absolute atomic E-state index is 13.0. The van der Waals surface area contributed by atoms with Crippen LogP contribution in [0.25, 0.3) is 0 Å². The number of isothiocyanates is 1. The lowest BCUT2D eigenvalue weighted by Gasteiger charge is -2.04. The van der Waals surface area contributed by atoms with Gasteiger partial charge in [0, 0.05) is 6.07 Å².